The number of aryl methyl sites for hydroxylation is 1. The van der Waals surface area contributed by atoms with E-state index in [1.807, 2.05) is 31.2 Å². The largest absolute Gasteiger partial charge is 0.417 e. The highest BCUT2D eigenvalue weighted by Crippen LogP contribution is 2.36. The molecule has 0 aliphatic heterocycles. The van der Waals surface area contributed by atoms with Gasteiger partial charge in [-0.3, -0.25) is 9.36 Å². The van der Waals surface area contributed by atoms with Crippen molar-refractivity contribution in [1.82, 2.24) is 14.5 Å². The Bertz CT molecular complexity index is 1330. The average molecular weight is 459 g/mol. The molecule has 2 aromatic heterocycles. The topological polar surface area (TPSA) is 59.8 Å². The zero-order chi connectivity index (χ0) is 22.9. The van der Waals surface area contributed by atoms with Gasteiger partial charge in [0.1, 0.15) is 12.1 Å². The highest BCUT2D eigenvalue weighted by atomic mass is 35.5. The van der Waals surface area contributed by atoms with Crippen LogP contribution in [0.4, 0.5) is 19.0 Å². The molecular weight excluding hydrogens is 441 g/mol. The van der Waals surface area contributed by atoms with Crippen LogP contribution in [0.2, 0.25) is 5.02 Å². The summed E-state index contributed by atoms with van der Waals surface area (Å²) in [4.78, 5) is 21.0. The fourth-order valence-corrected chi connectivity index (χ4v) is 3.62. The maximum atomic E-state index is 13.3. The normalized spacial score (nSPS) is 11.7. The fourth-order valence-electron chi connectivity index (χ4n) is 3.39. The van der Waals surface area contributed by atoms with Gasteiger partial charge in [0.2, 0.25) is 0 Å². The van der Waals surface area contributed by atoms with Gasteiger partial charge in [0.15, 0.2) is 5.65 Å². The Labute approximate surface area is 186 Å². The molecule has 0 aliphatic carbocycles. The molecule has 0 saturated carbocycles. The molecule has 1 N–H and O–H groups in total. The summed E-state index contributed by atoms with van der Waals surface area (Å²) in [6, 6.07) is 14.3. The van der Waals surface area contributed by atoms with E-state index in [9.17, 15) is 18.0 Å². The van der Waals surface area contributed by atoms with Crippen LogP contribution in [0.1, 0.15) is 16.7 Å². The smallest absolute Gasteiger partial charge is 0.369 e. The molecule has 0 atom stereocenters. The zero-order valence-electron chi connectivity index (χ0n) is 16.9. The van der Waals surface area contributed by atoms with Crippen LogP contribution >= 0.6 is 11.6 Å². The Morgan fingerprint density at radius 1 is 1.03 bits per heavy atom. The molecule has 0 radical (unpaired) electrons. The highest BCUT2D eigenvalue weighted by molar-refractivity contribution is 6.31. The summed E-state index contributed by atoms with van der Waals surface area (Å²) in [5, 5.41) is 3.30. The molecule has 0 bridgehead atoms. The van der Waals surface area contributed by atoms with Crippen LogP contribution < -0.4 is 10.9 Å². The Morgan fingerprint density at radius 2 is 1.78 bits per heavy atom. The molecule has 0 saturated heterocycles. The molecule has 0 unspecified atom stereocenters. The number of hydrogen-bond acceptors (Lipinski definition) is 4. The van der Waals surface area contributed by atoms with Gasteiger partial charge >= 0.3 is 6.18 Å². The molecule has 5 nitrogen and oxygen atoms in total. The molecule has 2 aromatic carbocycles. The van der Waals surface area contributed by atoms with Crippen molar-refractivity contribution >= 4 is 28.5 Å². The van der Waals surface area contributed by atoms with Crippen molar-refractivity contribution in [1.29, 1.82) is 0 Å². The number of hydrogen-bond donors (Lipinski definition) is 1. The van der Waals surface area contributed by atoms with E-state index < -0.39 is 22.3 Å². The molecule has 4 aromatic rings. The van der Waals surface area contributed by atoms with E-state index in [4.69, 9.17) is 11.6 Å². The number of aromatic nitrogens is 3. The van der Waals surface area contributed by atoms with Crippen LogP contribution in [0.3, 0.4) is 0 Å². The standard InChI is InChI=1S/C23H18ClF3N4O/c1-14-2-4-15(5-3-14)10-11-28-21-17-7-9-20(32)31(22(17)30-13-29-21)16-6-8-19(24)18(12-16)23(25,26)27/h2-9,12-13H,10-11H2,1H3,(H,28,29,30). The summed E-state index contributed by atoms with van der Waals surface area (Å²) in [5.74, 6) is 0.487. The third-order valence-electron chi connectivity index (χ3n) is 5.03. The van der Waals surface area contributed by atoms with Crippen molar-refractivity contribution < 1.29 is 13.2 Å². The lowest BCUT2D eigenvalue weighted by molar-refractivity contribution is -0.137. The summed E-state index contributed by atoms with van der Waals surface area (Å²) in [6.07, 6.45) is -2.64. The van der Waals surface area contributed by atoms with Crippen molar-refractivity contribution in [2.24, 2.45) is 0 Å². The minimum atomic E-state index is -4.65. The van der Waals surface area contributed by atoms with Crippen LogP contribution in [0, 0.1) is 6.92 Å². The first-order valence-corrected chi connectivity index (χ1v) is 10.1. The average Bonchev–Trinajstić information content (AvgIpc) is 2.75. The van der Waals surface area contributed by atoms with Gasteiger partial charge < -0.3 is 5.32 Å². The van der Waals surface area contributed by atoms with Gasteiger partial charge in [-0.05, 0) is 43.2 Å². The third-order valence-corrected chi connectivity index (χ3v) is 5.36. The minimum Gasteiger partial charge on any atom is -0.369 e. The molecule has 0 spiro atoms. The van der Waals surface area contributed by atoms with Crippen LogP contribution in [-0.2, 0) is 12.6 Å². The molecule has 9 heteroatoms. The molecule has 32 heavy (non-hydrogen) atoms. The van der Waals surface area contributed by atoms with E-state index in [1.54, 1.807) is 6.07 Å². The number of fused-ring (bicyclic) bond motifs is 1. The van der Waals surface area contributed by atoms with E-state index in [0.29, 0.717) is 17.7 Å². The zero-order valence-corrected chi connectivity index (χ0v) is 17.7. The number of nitrogens with one attached hydrogen (secondary N) is 1. The van der Waals surface area contributed by atoms with Crippen LogP contribution in [0.15, 0.2) is 65.7 Å². The summed E-state index contributed by atoms with van der Waals surface area (Å²) >= 11 is 5.72. The summed E-state index contributed by atoms with van der Waals surface area (Å²) in [7, 11) is 0. The predicted octanol–water partition coefficient (Wildman–Crippen LogP) is 5.42. The van der Waals surface area contributed by atoms with E-state index in [1.165, 1.54) is 24.0 Å². The molecule has 0 aliphatic rings. The second-order valence-corrected chi connectivity index (χ2v) is 7.70. The number of halogens is 4. The first kappa shape index (κ1) is 21.8. The van der Waals surface area contributed by atoms with Gasteiger partial charge in [0, 0.05) is 12.6 Å². The third kappa shape index (κ3) is 4.45. The number of rotatable bonds is 5. The Hall–Kier alpha value is -3.39. The highest BCUT2D eigenvalue weighted by Gasteiger charge is 2.33. The maximum absolute atomic E-state index is 13.3. The Balaban J connectivity index is 1.70. The number of pyridine rings is 1. The summed E-state index contributed by atoms with van der Waals surface area (Å²) in [6.45, 7) is 2.60. The SMILES string of the molecule is Cc1ccc(CCNc2ncnc3c2ccc(=O)n3-c2ccc(Cl)c(C(F)(F)F)c2)cc1. The lowest BCUT2D eigenvalue weighted by Crippen LogP contribution is -2.20. The van der Waals surface area contributed by atoms with Gasteiger partial charge in [0.25, 0.3) is 5.56 Å². The second kappa shape index (κ2) is 8.63. The molecule has 0 amide bonds. The van der Waals surface area contributed by atoms with Crippen molar-refractivity contribution in [3.8, 4) is 5.69 Å². The number of nitrogens with zero attached hydrogens (tertiary/aromatic N) is 3. The Morgan fingerprint density at radius 3 is 2.50 bits per heavy atom. The minimum absolute atomic E-state index is 0.0154. The lowest BCUT2D eigenvalue weighted by atomic mass is 10.1. The summed E-state index contributed by atoms with van der Waals surface area (Å²) in [5.41, 5.74) is 1.00. The fraction of sp³-hybridized carbons (Fsp3) is 0.174. The van der Waals surface area contributed by atoms with E-state index in [-0.39, 0.29) is 11.3 Å². The first-order valence-electron chi connectivity index (χ1n) is 9.77. The van der Waals surface area contributed by atoms with Crippen LogP contribution in [-0.4, -0.2) is 21.1 Å². The van der Waals surface area contributed by atoms with Gasteiger partial charge in [-0.25, -0.2) is 9.97 Å². The maximum Gasteiger partial charge on any atom is 0.417 e. The van der Waals surface area contributed by atoms with E-state index in [0.717, 1.165) is 28.7 Å². The summed E-state index contributed by atoms with van der Waals surface area (Å²) < 4.78 is 41.1. The molecule has 4 rings (SSSR count). The Kier molecular flexibility index (Phi) is 5.88. The van der Waals surface area contributed by atoms with E-state index >= 15 is 0 Å². The van der Waals surface area contributed by atoms with Crippen LogP contribution in [0.5, 0.6) is 0 Å². The predicted molar refractivity (Wildman–Crippen MR) is 119 cm³/mol. The van der Waals surface area contributed by atoms with Gasteiger partial charge in [-0.1, -0.05) is 41.4 Å². The van der Waals surface area contributed by atoms with Gasteiger partial charge in [0.05, 0.1) is 21.7 Å². The first-order chi connectivity index (χ1) is 15.2. The molecule has 0 fully saturated rings. The van der Waals surface area contributed by atoms with Gasteiger partial charge in [-0.15, -0.1) is 0 Å². The molecule has 2 heterocycles. The second-order valence-electron chi connectivity index (χ2n) is 7.29. The van der Waals surface area contributed by atoms with Crippen molar-refractivity contribution in [2.75, 3.05) is 11.9 Å². The van der Waals surface area contributed by atoms with Crippen molar-refractivity contribution in [3.63, 3.8) is 0 Å². The quantitative estimate of drug-likeness (QED) is 0.434. The monoisotopic (exact) mass is 458 g/mol. The van der Waals surface area contributed by atoms with Crippen LogP contribution in [0.25, 0.3) is 16.7 Å². The number of anilines is 1. The van der Waals surface area contributed by atoms with E-state index in [2.05, 4.69) is 15.3 Å². The number of alkyl halides is 3. The van der Waals surface area contributed by atoms with Crippen molar-refractivity contribution in [2.45, 2.75) is 19.5 Å². The lowest BCUT2D eigenvalue weighted by Gasteiger charge is -2.15. The molecular formula is C23H18ClF3N4O. The van der Waals surface area contributed by atoms with Gasteiger partial charge in [-0.2, -0.15) is 13.2 Å². The number of benzene rings is 2. The molecule has 164 valence electrons. The van der Waals surface area contributed by atoms with Crippen molar-refractivity contribution in [3.05, 3.63) is 93.0 Å².